The van der Waals surface area contributed by atoms with Crippen molar-refractivity contribution in [1.29, 1.82) is 0 Å². The number of halogens is 2. The van der Waals surface area contributed by atoms with Crippen LogP contribution in [0.4, 0.5) is 14.5 Å². The lowest BCUT2D eigenvalue weighted by molar-refractivity contribution is -0.117. The third-order valence-electron chi connectivity index (χ3n) is 5.10. The molecule has 0 spiro atoms. The van der Waals surface area contributed by atoms with Crippen molar-refractivity contribution < 1.29 is 13.6 Å². The Bertz CT molecular complexity index is 1020. The summed E-state index contributed by atoms with van der Waals surface area (Å²) in [6.45, 7) is 5.28. The molecule has 10 heteroatoms. The standard InChI is InChI=1S/C19H23F2N7O/c1-3-27-12(2)14(7-23-27)9-26-10-15(8-22-26)24-18(29)11-28-17(13-4-5-13)6-16(25-28)19(20)21/h6-8,10,13,19H,3-5,9,11H2,1-2H3,(H,24,29). The van der Waals surface area contributed by atoms with E-state index in [4.69, 9.17) is 0 Å². The van der Waals surface area contributed by atoms with Gasteiger partial charge >= 0.3 is 0 Å². The topological polar surface area (TPSA) is 82.6 Å². The average Bonchev–Trinajstić information content (AvgIpc) is 3.13. The second kappa shape index (κ2) is 7.76. The van der Waals surface area contributed by atoms with Gasteiger partial charge in [0, 0.05) is 35.6 Å². The van der Waals surface area contributed by atoms with Crippen molar-refractivity contribution in [1.82, 2.24) is 29.3 Å². The summed E-state index contributed by atoms with van der Waals surface area (Å²) >= 11 is 0. The van der Waals surface area contributed by atoms with Gasteiger partial charge in [0.1, 0.15) is 12.2 Å². The van der Waals surface area contributed by atoms with Crippen LogP contribution in [0.1, 0.15) is 54.8 Å². The Hall–Kier alpha value is -3.04. The predicted octanol–water partition coefficient (Wildman–Crippen LogP) is 3.11. The Kier molecular flexibility index (Phi) is 5.16. The number of hydrogen-bond donors (Lipinski definition) is 1. The number of amides is 1. The maximum absolute atomic E-state index is 13.0. The van der Waals surface area contributed by atoms with Gasteiger partial charge in [-0.2, -0.15) is 15.3 Å². The molecule has 1 amide bonds. The summed E-state index contributed by atoms with van der Waals surface area (Å²) in [4.78, 5) is 12.4. The molecule has 0 bridgehead atoms. The van der Waals surface area contributed by atoms with E-state index >= 15 is 0 Å². The Balaban J connectivity index is 1.40. The summed E-state index contributed by atoms with van der Waals surface area (Å²) in [5.41, 5.74) is 3.10. The molecule has 1 fully saturated rings. The van der Waals surface area contributed by atoms with Crippen LogP contribution in [0.3, 0.4) is 0 Å². The number of alkyl halides is 2. The van der Waals surface area contributed by atoms with Gasteiger partial charge in [0.15, 0.2) is 0 Å². The summed E-state index contributed by atoms with van der Waals surface area (Å²) in [6, 6.07) is 1.41. The minimum Gasteiger partial charge on any atom is -0.322 e. The van der Waals surface area contributed by atoms with Crippen LogP contribution in [0.25, 0.3) is 0 Å². The molecule has 0 unspecified atom stereocenters. The molecule has 0 aliphatic heterocycles. The lowest BCUT2D eigenvalue weighted by Crippen LogP contribution is -2.20. The van der Waals surface area contributed by atoms with Gasteiger partial charge in [0.2, 0.25) is 5.91 Å². The zero-order valence-corrected chi connectivity index (χ0v) is 16.3. The molecule has 3 aromatic rings. The van der Waals surface area contributed by atoms with Crippen LogP contribution in [-0.2, 0) is 24.4 Å². The van der Waals surface area contributed by atoms with E-state index in [0.29, 0.717) is 17.9 Å². The van der Waals surface area contributed by atoms with Gasteiger partial charge in [-0.15, -0.1) is 0 Å². The molecule has 1 aliphatic rings. The highest BCUT2D eigenvalue weighted by atomic mass is 19.3. The zero-order chi connectivity index (χ0) is 20.5. The summed E-state index contributed by atoms with van der Waals surface area (Å²) in [5.74, 6) is -0.108. The average molecular weight is 403 g/mol. The van der Waals surface area contributed by atoms with Crippen LogP contribution in [0.2, 0.25) is 0 Å². The van der Waals surface area contributed by atoms with Gasteiger partial charge in [-0.1, -0.05) is 0 Å². The molecule has 1 N–H and O–H groups in total. The van der Waals surface area contributed by atoms with E-state index in [1.807, 2.05) is 24.7 Å². The first-order valence-corrected chi connectivity index (χ1v) is 9.64. The molecule has 3 heterocycles. The highest BCUT2D eigenvalue weighted by molar-refractivity contribution is 5.90. The lowest BCUT2D eigenvalue weighted by Gasteiger charge is -2.06. The maximum Gasteiger partial charge on any atom is 0.282 e. The number of nitrogens with one attached hydrogen (secondary N) is 1. The minimum absolute atomic E-state index is 0.105. The first-order valence-electron chi connectivity index (χ1n) is 9.64. The monoisotopic (exact) mass is 403 g/mol. The number of nitrogens with zero attached hydrogens (tertiary/aromatic N) is 6. The van der Waals surface area contributed by atoms with Crippen molar-refractivity contribution in [3.63, 3.8) is 0 Å². The van der Waals surface area contributed by atoms with Gasteiger partial charge < -0.3 is 5.32 Å². The number of hydrogen-bond acceptors (Lipinski definition) is 4. The van der Waals surface area contributed by atoms with Gasteiger partial charge in [0.25, 0.3) is 6.43 Å². The van der Waals surface area contributed by atoms with Crippen LogP contribution < -0.4 is 5.32 Å². The normalized spacial score (nSPS) is 14.0. The van der Waals surface area contributed by atoms with Gasteiger partial charge in [0.05, 0.1) is 24.6 Å². The molecule has 29 heavy (non-hydrogen) atoms. The molecular weight excluding hydrogens is 380 g/mol. The Morgan fingerprint density at radius 3 is 2.72 bits per heavy atom. The van der Waals surface area contributed by atoms with Crippen LogP contribution in [0.5, 0.6) is 0 Å². The first kappa shape index (κ1) is 19.3. The van der Waals surface area contributed by atoms with Gasteiger partial charge in [-0.05, 0) is 32.8 Å². The lowest BCUT2D eigenvalue weighted by atomic mass is 10.2. The van der Waals surface area contributed by atoms with E-state index < -0.39 is 6.43 Å². The smallest absolute Gasteiger partial charge is 0.282 e. The minimum atomic E-state index is -2.64. The SMILES string of the molecule is CCn1ncc(Cn2cc(NC(=O)Cn3nc(C(F)F)cc3C3CC3)cn2)c1C. The molecule has 154 valence electrons. The van der Waals surface area contributed by atoms with E-state index in [-0.39, 0.29) is 24.1 Å². The molecule has 4 rings (SSSR count). The number of rotatable bonds is 8. The fourth-order valence-corrected chi connectivity index (χ4v) is 3.38. The fraction of sp³-hybridized carbons (Fsp3) is 0.474. The molecule has 0 atom stereocenters. The van der Waals surface area contributed by atoms with E-state index in [9.17, 15) is 13.6 Å². The Labute approximate surface area is 166 Å². The van der Waals surface area contributed by atoms with E-state index in [1.165, 1.54) is 10.7 Å². The second-order valence-corrected chi connectivity index (χ2v) is 7.27. The number of carbonyl (C=O) groups is 1. The summed E-state index contributed by atoms with van der Waals surface area (Å²) in [7, 11) is 0. The van der Waals surface area contributed by atoms with Gasteiger partial charge in [-0.25, -0.2) is 8.78 Å². The first-order chi connectivity index (χ1) is 13.9. The van der Waals surface area contributed by atoms with Crippen LogP contribution in [0.15, 0.2) is 24.7 Å². The molecule has 1 saturated carbocycles. The predicted molar refractivity (Wildman–Crippen MR) is 102 cm³/mol. The van der Waals surface area contributed by atoms with Gasteiger partial charge in [-0.3, -0.25) is 18.8 Å². The van der Waals surface area contributed by atoms with Crippen LogP contribution in [-0.4, -0.2) is 35.2 Å². The van der Waals surface area contributed by atoms with E-state index in [0.717, 1.165) is 30.6 Å². The molecule has 0 saturated heterocycles. The Morgan fingerprint density at radius 1 is 1.28 bits per heavy atom. The van der Waals surface area contributed by atoms with Crippen molar-refractivity contribution in [2.75, 3.05) is 5.32 Å². The van der Waals surface area contributed by atoms with Crippen LogP contribution in [0, 0.1) is 6.92 Å². The van der Waals surface area contributed by atoms with Crippen LogP contribution >= 0.6 is 0 Å². The highest BCUT2D eigenvalue weighted by Crippen LogP contribution is 2.41. The second-order valence-electron chi connectivity index (χ2n) is 7.27. The Morgan fingerprint density at radius 2 is 2.07 bits per heavy atom. The van der Waals surface area contributed by atoms with Crippen molar-refractivity contribution in [2.45, 2.75) is 58.7 Å². The number of anilines is 1. The maximum atomic E-state index is 13.0. The highest BCUT2D eigenvalue weighted by Gasteiger charge is 2.30. The summed E-state index contributed by atoms with van der Waals surface area (Å²) < 4.78 is 31.0. The largest absolute Gasteiger partial charge is 0.322 e. The van der Waals surface area contributed by atoms with Crippen molar-refractivity contribution >= 4 is 11.6 Å². The van der Waals surface area contributed by atoms with Crippen molar-refractivity contribution in [3.8, 4) is 0 Å². The third kappa shape index (κ3) is 4.20. The number of aryl methyl sites for hydroxylation is 1. The van der Waals surface area contributed by atoms with E-state index in [2.05, 4.69) is 20.6 Å². The van der Waals surface area contributed by atoms with E-state index in [1.54, 1.807) is 17.1 Å². The molecule has 0 radical (unpaired) electrons. The third-order valence-corrected chi connectivity index (χ3v) is 5.10. The molecule has 0 aromatic carbocycles. The molecule has 3 aromatic heterocycles. The van der Waals surface area contributed by atoms with Crippen molar-refractivity contribution in [3.05, 3.63) is 47.3 Å². The van der Waals surface area contributed by atoms with Crippen molar-refractivity contribution in [2.24, 2.45) is 0 Å². The summed E-state index contributed by atoms with van der Waals surface area (Å²) in [5, 5.41) is 15.3. The molecular formula is C19H23F2N7O. The zero-order valence-electron chi connectivity index (χ0n) is 16.3. The molecule has 1 aliphatic carbocycles. The quantitative estimate of drug-likeness (QED) is 0.627. The molecule has 8 nitrogen and oxygen atoms in total. The number of carbonyl (C=O) groups excluding carboxylic acids is 1. The summed E-state index contributed by atoms with van der Waals surface area (Å²) in [6.07, 6.45) is 4.35. The number of aromatic nitrogens is 6. The fourth-order valence-electron chi connectivity index (χ4n) is 3.38.